The van der Waals surface area contributed by atoms with Crippen molar-refractivity contribution in [3.05, 3.63) is 58.7 Å². The molecule has 2 aromatic carbocycles. The highest BCUT2D eigenvalue weighted by Gasteiger charge is 2.36. The van der Waals surface area contributed by atoms with E-state index in [1.54, 1.807) is 0 Å². The minimum absolute atomic E-state index is 0.0570. The quantitative estimate of drug-likeness (QED) is 0.310. The summed E-state index contributed by atoms with van der Waals surface area (Å²) in [7, 11) is 0. The SMILES string of the molecule is FC(F)(F)c1cccc(Sc2cccc(C(F)(F)F)c2C#CC2CCC2)c1C#CC1CCC1. The minimum atomic E-state index is -4.62. The number of rotatable bonds is 2. The Morgan fingerprint density at radius 3 is 1.33 bits per heavy atom. The number of hydrogen-bond donors (Lipinski definition) is 0. The lowest BCUT2D eigenvalue weighted by Crippen LogP contribution is -2.11. The van der Waals surface area contributed by atoms with Crippen LogP contribution in [0.25, 0.3) is 0 Å². The summed E-state index contributed by atoms with van der Waals surface area (Å²) in [6, 6.07) is 7.36. The van der Waals surface area contributed by atoms with Gasteiger partial charge in [-0.1, -0.05) is 60.4 Å². The van der Waals surface area contributed by atoms with Crippen molar-refractivity contribution in [1.82, 2.24) is 0 Å². The van der Waals surface area contributed by atoms with Gasteiger partial charge in [-0.25, -0.2) is 0 Å². The van der Waals surface area contributed by atoms with Gasteiger partial charge in [-0.05, 0) is 49.9 Å². The zero-order valence-corrected chi connectivity index (χ0v) is 18.4. The third kappa shape index (κ3) is 5.53. The molecule has 2 fully saturated rings. The summed E-state index contributed by atoms with van der Waals surface area (Å²) in [6.45, 7) is 0. The maximum Gasteiger partial charge on any atom is 0.417 e. The van der Waals surface area contributed by atoms with Crippen LogP contribution < -0.4 is 0 Å². The number of benzene rings is 2. The maximum absolute atomic E-state index is 13.7. The molecule has 2 saturated carbocycles. The summed E-state index contributed by atoms with van der Waals surface area (Å²) in [6.07, 6.45) is -3.88. The minimum Gasteiger partial charge on any atom is -0.166 e. The molecule has 0 bridgehead atoms. The standard InChI is InChI=1S/C26H20F6S/c27-25(28,29)21-9-3-11-23(19(21)15-13-17-5-1-6-17)33-24-12-4-10-22(26(30,31)32)20(24)16-14-18-7-2-8-18/h3-4,9-12,17-18H,1-2,5-8H2. The van der Waals surface area contributed by atoms with Crippen LogP contribution in [0.1, 0.15) is 60.8 Å². The van der Waals surface area contributed by atoms with Crippen molar-refractivity contribution >= 4 is 11.8 Å². The molecule has 0 saturated heterocycles. The molecule has 2 aromatic rings. The summed E-state index contributed by atoms with van der Waals surface area (Å²) in [5.41, 5.74) is -2.16. The largest absolute Gasteiger partial charge is 0.417 e. The van der Waals surface area contributed by atoms with Crippen molar-refractivity contribution in [1.29, 1.82) is 0 Å². The molecular formula is C26H20F6S. The lowest BCUT2D eigenvalue weighted by Gasteiger charge is -2.20. The van der Waals surface area contributed by atoms with E-state index in [0.29, 0.717) is 0 Å². The van der Waals surface area contributed by atoms with Gasteiger partial charge in [0.1, 0.15) is 0 Å². The van der Waals surface area contributed by atoms with E-state index in [9.17, 15) is 26.3 Å². The van der Waals surface area contributed by atoms with E-state index < -0.39 is 23.5 Å². The predicted molar refractivity (Wildman–Crippen MR) is 115 cm³/mol. The number of hydrogen-bond acceptors (Lipinski definition) is 1. The van der Waals surface area contributed by atoms with Crippen LogP contribution in [0.2, 0.25) is 0 Å². The lowest BCUT2D eigenvalue weighted by molar-refractivity contribution is -0.138. The van der Waals surface area contributed by atoms with Crippen LogP contribution in [0.5, 0.6) is 0 Å². The van der Waals surface area contributed by atoms with Gasteiger partial charge in [0.05, 0.1) is 22.3 Å². The van der Waals surface area contributed by atoms with Gasteiger partial charge in [-0.2, -0.15) is 26.3 Å². The van der Waals surface area contributed by atoms with E-state index in [-0.39, 0.29) is 32.8 Å². The first kappa shape index (κ1) is 23.6. The molecule has 4 rings (SSSR count). The fraction of sp³-hybridized carbons (Fsp3) is 0.385. The molecule has 2 aliphatic rings. The molecule has 0 unspecified atom stereocenters. The van der Waals surface area contributed by atoms with E-state index >= 15 is 0 Å². The average Bonchev–Trinajstić information content (AvgIpc) is 2.65. The molecule has 0 aromatic heterocycles. The Morgan fingerprint density at radius 2 is 1.03 bits per heavy atom. The van der Waals surface area contributed by atoms with Crippen molar-refractivity contribution in [3.8, 4) is 23.7 Å². The molecular weight excluding hydrogens is 458 g/mol. The van der Waals surface area contributed by atoms with E-state index in [0.717, 1.165) is 62.4 Å². The fourth-order valence-corrected chi connectivity index (χ4v) is 4.59. The highest BCUT2D eigenvalue weighted by Crippen LogP contribution is 2.42. The van der Waals surface area contributed by atoms with Crippen LogP contribution in [-0.2, 0) is 12.4 Å². The van der Waals surface area contributed by atoms with Gasteiger partial charge in [0, 0.05) is 21.6 Å². The zero-order valence-electron chi connectivity index (χ0n) is 17.5. The maximum atomic E-state index is 13.7. The van der Waals surface area contributed by atoms with Gasteiger partial charge >= 0.3 is 12.4 Å². The first-order valence-corrected chi connectivity index (χ1v) is 11.6. The summed E-state index contributed by atoms with van der Waals surface area (Å²) in [5, 5.41) is 0. The molecule has 0 nitrogen and oxygen atoms in total. The van der Waals surface area contributed by atoms with Crippen LogP contribution in [0.4, 0.5) is 26.3 Å². The molecule has 0 amide bonds. The summed E-state index contributed by atoms with van der Waals surface area (Å²) >= 11 is 0.851. The van der Waals surface area contributed by atoms with Crippen LogP contribution in [-0.4, -0.2) is 0 Å². The average molecular weight is 479 g/mol. The summed E-state index contributed by atoms with van der Waals surface area (Å²) in [5.74, 6) is 11.3. The van der Waals surface area contributed by atoms with E-state index in [4.69, 9.17) is 0 Å². The van der Waals surface area contributed by atoms with E-state index in [1.807, 2.05) is 0 Å². The second-order valence-corrected chi connectivity index (χ2v) is 9.33. The zero-order chi connectivity index (χ0) is 23.6. The molecule has 0 N–H and O–H groups in total. The van der Waals surface area contributed by atoms with Gasteiger partial charge in [-0.15, -0.1) is 0 Å². The normalized spacial score (nSPS) is 16.7. The van der Waals surface area contributed by atoms with Gasteiger partial charge in [0.25, 0.3) is 0 Å². The first-order valence-electron chi connectivity index (χ1n) is 10.7. The molecule has 33 heavy (non-hydrogen) atoms. The van der Waals surface area contributed by atoms with Crippen molar-refractivity contribution < 1.29 is 26.3 Å². The van der Waals surface area contributed by atoms with Crippen LogP contribution >= 0.6 is 11.8 Å². The van der Waals surface area contributed by atoms with Crippen LogP contribution in [0.3, 0.4) is 0 Å². The Morgan fingerprint density at radius 1 is 0.636 bits per heavy atom. The highest BCUT2D eigenvalue weighted by atomic mass is 32.2. The molecule has 172 valence electrons. The molecule has 0 spiro atoms. The summed E-state index contributed by atoms with van der Waals surface area (Å²) < 4.78 is 82.2. The molecule has 0 radical (unpaired) electrons. The Kier molecular flexibility index (Phi) is 6.73. The van der Waals surface area contributed by atoms with Gasteiger partial charge in [0.2, 0.25) is 0 Å². The predicted octanol–water partition coefficient (Wildman–Crippen LogP) is 8.18. The van der Waals surface area contributed by atoms with Crippen molar-refractivity contribution in [2.75, 3.05) is 0 Å². The monoisotopic (exact) mass is 478 g/mol. The van der Waals surface area contributed by atoms with Crippen LogP contribution in [0, 0.1) is 35.5 Å². The van der Waals surface area contributed by atoms with Crippen molar-refractivity contribution in [2.24, 2.45) is 11.8 Å². The van der Waals surface area contributed by atoms with Gasteiger partial charge in [0.15, 0.2) is 0 Å². The second kappa shape index (κ2) is 9.39. The molecule has 0 heterocycles. The van der Waals surface area contributed by atoms with E-state index in [1.165, 1.54) is 24.3 Å². The Labute approximate surface area is 193 Å². The Bertz CT molecular complexity index is 1050. The molecule has 0 aliphatic heterocycles. The Hall–Kier alpha value is -2.51. The van der Waals surface area contributed by atoms with Crippen molar-refractivity contribution in [3.63, 3.8) is 0 Å². The van der Waals surface area contributed by atoms with Gasteiger partial charge < -0.3 is 0 Å². The Balaban J connectivity index is 1.79. The summed E-state index contributed by atoms with van der Waals surface area (Å²) in [4.78, 5) is 0.338. The molecule has 2 aliphatic carbocycles. The third-order valence-corrected chi connectivity index (χ3v) is 7.02. The fourth-order valence-electron chi connectivity index (χ4n) is 3.53. The number of halogens is 6. The first-order chi connectivity index (χ1) is 15.6. The van der Waals surface area contributed by atoms with Crippen molar-refractivity contribution in [2.45, 2.75) is 60.7 Å². The second-order valence-electron chi connectivity index (χ2n) is 8.25. The highest BCUT2D eigenvalue weighted by molar-refractivity contribution is 7.99. The lowest BCUT2D eigenvalue weighted by atomic mass is 9.86. The third-order valence-electron chi connectivity index (χ3n) is 5.90. The molecule has 7 heteroatoms. The smallest absolute Gasteiger partial charge is 0.166 e. The van der Waals surface area contributed by atoms with E-state index in [2.05, 4.69) is 23.7 Å². The molecule has 0 atom stereocenters. The topological polar surface area (TPSA) is 0 Å². The van der Waals surface area contributed by atoms with Crippen LogP contribution in [0.15, 0.2) is 46.2 Å². The number of alkyl halides is 6. The van der Waals surface area contributed by atoms with Gasteiger partial charge in [-0.3, -0.25) is 0 Å².